The first-order chi connectivity index (χ1) is 7.74. The van der Waals surface area contributed by atoms with Crippen LogP contribution in [0, 0.1) is 11.8 Å². The zero-order valence-electron chi connectivity index (χ0n) is 11.3. The summed E-state index contributed by atoms with van der Waals surface area (Å²) >= 11 is 0. The summed E-state index contributed by atoms with van der Waals surface area (Å²) in [6.07, 6.45) is 8.05. The molecule has 0 aromatic rings. The van der Waals surface area contributed by atoms with Crippen LogP contribution in [0.25, 0.3) is 0 Å². The minimum absolute atomic E-state index is 0.682. The molecule has 0 aromatic carbocycles. The van der Waals surface area contributed by atoms with Gasteiger partial charge in [0, 0.05) is 19.3 Å². The second-order valence-corrected chi connectivity index (χ2v) is 5.52. The van der Waals surface area contributed by atoms with Crippen molar-refractivity contribution in [3.63, 3.8) is 0 Å². The lowest BCUT2D eigenvalue weighted by molar-refractivity contribution is 0.109. The van der Waals surface area contributed by atoms with Gasteiger partial charge in [0.25, 0.3) is 0 Å². The molecule has 2 heteroatoms. The van der Waals surface area contributed by atoms with Crippen LogP contribution in [-0.2, 0) is 4.74 Å². The van der Waals surface area contributed by atoms with E-state index in [0.29, 0.717) is 6.04 Å². The van der Waals surface area contributed by atoms with E-state index in [4.69, 9.17) is 4.74 Å². The zero-order valence-corrected chi connectivity index (χ0v) is 11.3. The maximum Gasteiger partial charge on any atom is 0.0480 e. The normalized spacial score (nSPS) is 19.5. The highest BCUT2D eigenvalue weighted by atomic mass is 16.5. The number of ether oxygens (including phenoxy) is 1. The lowest BCUT2D eigenvalue weighted by Gasteiger charge is -2.22. The molecule has 1 rings (SSSR count). The molecular formula is C14H29NO. The van der Waals surface area contributed by atoms with Crippen molar-refractivity contribution in [2.24, 2.45) is 11.8 Å². The van der Waals surface area contributed by atoms with Crippen LogP contribution in [0.4, 0.5) is 0 Å². The smallest absolute Gasteiger partial charge is 0.0480 e. The summed E-state index contributed by atoms with van der Waals surface area (Å²) in [6, 6.07) is 0.682. The molecule has 0 radical (unpaired) electrons. The van der Waals surface area contributed by atoms with Crippen molar-refractivity contribution in [1.29, 1.82) is 0 Å². The summed E-state index contributed by atoms with van der Waals surface area (Å²) in [5.41, 5.74) is 0. The van der Waals surface area contributed by atoms with Gasteiger partial charge in [0.15, 0.2) is 0 Å². The Morgan fingerprint density at radius 3 is 2.31 bits per heavy atom. The number of nitrogens with one attached hydrogen (secondary N) is 1. The average Bonchev–Trinajstić information content (AvgIpc) is 2.76. The van der Waals surface area contributed by atoms with Crippen LogP contribution in [-0.4, -0.2) is 26.3 Å². The molecule has 0 heterocycles. The van der Waals surface area contributed by atoms with Gasteiger partial charge in [0.05, 0.1) is 0 Å². The molecule has 1 saturated carbocycles. The van der Waals surface area contributed by atoms with Crippen molar-refractivity contribution in [3.05, 3.63) is 0 Å². The number of hydrogen-bond acceptors (Lipinski definition) is 2. The van der Waals surface area contributed by atoms with E-state index in [1.54, 1.807) is 0 Å². The number of rotatable bonds is 8. The van der Waals surface area contributed by atoms with Gasteiger partial charge in [-0.1, -0.05) is 26.7 Å². The highest BCUT2D eigenvalue weighted by Crippen LogP contribution is 2.28. The first-order valence-corrected chi connectivity index (χ1v) is 6.99. The Labute approximate surface area is 101 Å². The fourth-order valence-corrected chi connectivity index (χ4v) is 2.61. The van der Waals surface area contributed by atoms with E-state index in [0.717, 1.165) is 25.0 Å². The van der Waals surface area contributed by atoms with Gasteiger partial charge in [-0.2, -0.15) is 0 Å². The molecule has 0 aromatic heterocycles. The van der Waals surface area contributed by atoms with Gasteiger partial charge in [-0.15, -0.1) is 0 Å². The number of hydrogen-bond donors (Lipinski definition) is 1. The predicted molar refractivity (Wildman–Crippen MR) is 69.7 cm³/mol. The van der Waals surface area contributed by atoms with Gasteiger partial charge in [-0.05, 0) is 44.6 Å². The molecule has 1 atom stereocenters. The van der Waals surface area contributed by atoms with Gasteiger partial charge in [-0.3, -0.25) is 0 Å². The standard InChI is InChI=1S/C14H29NO/c1-12(2)8-10-16-11-9-14(15-3)13-6-4-5-7-13/h12-15H,4-11H2,1-3H3. The Hall–Kier alpha value is -0.0800. The van der Waals surface area contributed by atoms with Crippen LogP contribution in [0.5, 0.6) is 0 Å². The predicted octanol–water partition coefficient (Wildman–Crippen LogP) is 3.22. The maximum atomic E-state index is 5.70. The van der Waals surface area contributed by atoms with Gasteiger partial charge in [0.2, 0.25) is 0 Å². The van der Waals surface area contributed by atoms with Gasteiger partial charge >= 0.3 is 0 Å². The highest BCUT2D eigenvalue weighted by molar-refractivity contribution is 4.79. The van der Waals surface area contributed by atoms with E-state index in [9.17, 15) is 0 Å². The van der Waals surface area contributed by atoms with E-state index >= 15 is 0 Å². The van der Waals surface area contributed by atoms with E-state index in [1.165, 1.54) is 38.5 Å². The minimum atomic E-state index is 0.682. The molecule has 0 amide bonds. The third kappa shape index (κ3) is 5.31. The van der Waals surface area contributed by atoms with Crippen molar-refractivity contribution in [1.82, 2.24) is 5.32 Å². The lowest BCUT2D eigenvalue weighted by Crippen LogP contribution is -2.33. The SMILES string of the molecule is CNC(CCOCCC(C)C)C1CCCC1. The van der Waals surface area contributed by atoms with E-state index in [2.05, 4.69) is 26.2 Å². The molecule has 1 aliphatic carbocycles. The largest absolute Gasteiger partial charge is 0.381 e. The van der Waals surface area contributed by atoms with Crippen LogP contribution in [0.1, 0.15) is 52.4 Å². The summed E-state index contributed by atoms with van der Waals surface area (Å²) in [4.78, 5) is 0. The Bertz CT molecular complexity index is 164. The van der Waals surface area contributed by atoms with Gasteiger partial charge in [-0.25, -0.2) is 0 Å². The van der Waals surface area contributed by atoms with Crippen LogP contribution < -0.4 is 5.32 Å². The van der Waals surface area contributed by atoms with Crippen molar-refractivity contribution in [2.75, 3.05) is 20.3 Å². The molecule has 0 aliphatic heterocycles. The molecule has 96 valence electrons. The van der Waals surface area contributed by atoms with Crippen LogP contribution in [0.2, 0.25) is 0 Å². The van der Waals surface area contributed by atoms with Crippen LogP contribution >= 0.6 is 0 Å². The second-order valence-electron chi connectivity index (χ2n) is 5.52. The third-order valence-corrected chi connectivity index (χ3v) is 3.75. The molecule has 1 unspecified atom stereocenters. The summed E-state index contributed by atoms with van der Waals surface area (Å²) in [5.74, 6) is 1.66. The summed E-state index contributed by atoms with van der Waals surface area (Å²) in [7, 11) is 2.09. The molecule has 16 heavy (non-hydrogen) atoms. The summed E-state index contributed by atoms with van der Waals surface area (Å²) in [5, 5.41) is 3.46. The second kappa shape index (κ2) is 8.08. The Balaban J connectivity index is 2.04. The lowest BCUT2D eigenvalue weighted by atomic mass is 9.96. The molecule has 0 saturated heterocycles. The van der Waals surface area contributed by atoms with Gasteiger partial charge in [0.1, 0.15) is 0 Å². The molecule has 2 nitrogen and oxygen atoms in total. The van der Waals surface area contributed by atoms with Gasteiger partial charge < -0.3 is 10.1 Å². The first-order valence-electron chi connectivity index (χ1n) is 6.99. The Morgan fingerprint density at radius 2 is 1.75 bits per heavy atom. The van der Waals surface area contributed by atoms with E-state index in [1.807, 2.05) is 0 Å². The van der Waals surface area contributed by atoms with Crippen molar-refractivity contribution in [2.45, 2.75) is 58.4 Å². The fraction of sp³-hybridized carbons (Fsp3) is 1.00. The zero-order chi connectivity index (χ0) is 11.8. The molecule has 1 aliphatic rings. The Kier molecular flexibility index (Phi) is 7.06. The quantitative estimate of drug-likeness (QED) is 0.643. The van der Waals surface area contributed by atoms with Crippen LogP contribution in [0.15, 0.2) is 0 Å². The van der Waals surface area contributed by atoms with E-state index in [-0.39, 0.29) is 0 Å². The maximum absolute atomic E-state index is 5.70. The minimum Gasteiger partial charge on any atom is -0.381 e. The summed E-state index contributed by atoms with van der Waals surface area (Å²) < 4.78 is 5.70. The first kappa shape index (κ1) is 14.0. The topological polar surface area (TPSA) is 21.3 Å². The third-order valence-electron chi connectivity index (χ3n) is 3.75. The van der Waals surface area contributed by atoms with Crippen LogP contribution in [0.3, 0.4) is 0 Å². The molecule has 1 fully saturated rings. The monoisotopic (exact) mass is 227 g/mol. The Morgan fingerprint density at radius 1 is 1.12 bits per heavy atom. The molecular weight excluding hydrogens is 198 g/mol. The van der Waals surface area contributed by atoms with Crippen molar-refractivity contribution >= 4 is 0 Å². The highest BCUT2D eigenvalue weighted by Gasteiger charge is 2.23. The fourth-order valence-electron chi connectivity index (χ4n) is 2.61. The van der Waals surface area contributed by atoms with Crippen molar-refractivity contribution in [3.8, 4) is 0 Å². The molecule has 0 spiro atoms. The summed E-state index contributed by atoms with van der Waals surface area (Å²) in [6.45, 7) is 6.35. The molecule has 1 N–H and O–H groups in total. The van der Waals surface area contributed by atoms with Crippen molar-refractivity contribution < 1.29 is 4.74 Å². The molecule has 0 bridgehead atoms. The average molecular weight is 227 g/mol. The van der Waals surface area contributed by atoms with E-state index < -0.39 is 0 Å².